The Morgan fingerprint density at radius 1 is 1.12 bits per heavy atom. The van der Waals surface area contributed by atoms with E-state index in [0.29, 0.717) is 11.3 Å². The van der Waals surface area contributed by atoms with Crippen molar-refractivity contribution >= 4 is 11.6 Å². The van der Waals surface area contributed by atoms with Crippen molar-refractivity contribution in [2.45, 2.75) is 26.4 Å². The van der Waals surface area contributed by atoms with Crippen molar-refractivity contribution in [2.75, 3.05) is 31.5 Å². The minimum Gasteiger partial charge on any atom is -0.322 e. The SMILES string of the molecule is Cc1ccc(NC(=O)[C@@H](C)[NH+]2CC[NH+](Cc3ccccc3)CC2)cc1F. The second kappa shape index (κ2) is 8.43. The first-order chi connectivity index (χ1) is 12.5. The molecule has 0 spiro atoms. The number of aryl methyl sites for hydroxylation is 1. The van der Waals surface area contributed by atoms with Crippen LogP contribution >= 0.6 is 0 Å². The minimum absolute atomic E-state index is 0.0465. The number of anilines is 1. The van der Waals surface area contributed by atoms with Crippen LogP contribution in [0.25, 0.3) is 0 Å². The van der Waals surface area contributed by atoms with Gasteiger partial charge in [-0.05, 0) is 31.5 Å². The molecule has 0 unspecified atom stereocenters. The molecule has 1 aliphatic rings. The smallest absolute Gasteiger partial charge is 0.282 e. The summed E-state index contributed by atoms with van der Waals surface area (Å²) in [5.74, 6) is -0.337. The van der Waals surface area contributed by atoms with Crippen LogP contribution in [0, 0.1) is 12.7 Å². The largest absolute Gasteiger partial charge is 0.322 e. The number of halogens is 1. The van der Waals surface area contributed by atoms with Crippen LogP contribution in [0.3, 0.4) is 0 Å². The summed E-state index contributed by atoms with van der Waals surface area (Å²) in [7, 11) is 0. The van der Waals surface area contributed by atoms with Gasteiger partial charge in [-0.25, -0.2) is 4.39 Å². The van der Waals surface area contributed by atoms with Crippen molar-refractivity contribution in [1.82, 2.24) is 0 Å². The van der Waals surface area contributed by atoms with Crippen LogP contribution in [-0.4, -0.2) is 38.1 Å². The van der Waals surface area contributed by atoms with Crippen molar-refractivity contribution in [1.29, 1.82) is 0 Å². The highest BCUT2D eigenvalue weighted by molar-refractivity contribution is 5.93. The monoisotopic (exact) mass is 357 g/mol. The maximum absolute atomic E-state index is 13.6. The first kappa shape index (κ1) is 18.5. The summed E-state index contributed by atoms with van der Waals surface area (Å²) in [6.45, 7) is 8.76. The molecular weight excluding hydrogens is 329 g/mol. The van der Waals surface area contributed by atoms with Crippen LogP contribution in [0.4, 0.5) is 10.1 Å². The molecule has 138 valence electrons. The Morgan fingerprint density at radius 3 is 2.46 bits per heavy atom. The fraction of sp³-hybridized carbons (Fsp3) is 0.381. The molecule has 1 amide bonds. The molecule has 1 aliphatic heterocycles. The molecule has 2 aromatic carbocycles. The van der Waals surface area contributed by atoms with Gasteiger partial charge in [-0.15, -0.1) is 0 Å². The molecule has 2 aromatic rings. The van der Waals surface area contributed by atoms with Gasteiger partial charge in [0, 0.05) is 11.3 Å². The van der Waals surface area contributed by atoms with Crippen molar-refractivity contribution in [3.8, 4) is 0 Å². The second-order valence-corrected chi connectivity index (χ2v) is 7.25. The van der Waals surface area contributed by atoms with Crippen molar-refractivity contribution in [2.24, 2.45) is 0 Å². The first-order valence-corrected chi connectivity index (χ1v) is 9.32. The lowest BCUT2D eigenvalue weighted by atomic mass is 10.1. The van der Waals surface area contributed by atoms with Crippen LogP contribution in [0.15, 0.2) is 48.5 Å². The van der Waals surface area contributed by atoms with E-state index in [4.69, 9.17) is 0 Å². The van der Waals surface area contributed by atoms with Gasteiger partial charge in [0.1, 0.15) is 38.5 Å². The first-order valence-electron chi connectivity index (χ1n) is 9.32. The standard InChI is InChI=1S/C21H26FN3O/c1-16-8-9-19(14-20(16)22)23-21(26)17(2)25-12-10-24(11-13-25)15-18-6-4-3-5-7-18/h3-9,14,17H,10-13,15H2,1-2H3,(H,23,26)/p+2/t17-/m1/s1. The Balaban J connectivity index is 1.50. The maximum atomic E-state index is 13.6. The average molecular weight is 357 g/mol. The van der Waals surface area contributed by atoms with E-state index in [1.54, 1.807) is 24.0 Å². The summed E-state index contributed by atoms with van der Waals surface area (Å²) < 4.78 is 13.6. The number of piperazine rings is 1. The van der Waals surface area contributed by atoms with Gasteiger partial charge in [0.25, 0.3) is 5.91 Å². The number of hydrogen-bond donors (Lipinski definition) is 3. The number of quaternary nitrogens is 2. The fourth-order valence-corrected chi connectivity index (χ4v) is 3.53. The van der Waals surface area contributed by atoms with Crippen molar-refractivity contribution < 1.29 is 19.0 Å². The number of carbonyl (C=O) groups is 1. The molecular formula is C21H28FN3O+2. The third-order valence-corrected chi connectivity index (χ3v) is 5.34. The van der Waals surface area contributed by atoms with Gasteiger partial charge in [-0.2, -0.15) is 0 Å². The molecule has 1 heterocycles. The highest BCUT2D eigenvalue weighted by Crippen LogP contribution is 2.13. The molecule has 0 saturated carbocycles. The lowest BCUT2D eigenvalue weighted by Gasteiger charge is -2.32. The van der Waals surface area contributed by atoms with E-state index < -0.39 is 0 Å². The second-order valence-electron chi connectivity index (χ2n) is 7.25. The van der Waals surface area contributed by atoms with E-state index in [1.807, 2.05) is 13.0 Å². The molecule has 3 N–H and O–H groups in total. The quantitative estimate of drug-likeness (QED) is 0.714. The van der Waals surface area contributed by atoms with E-state index in [9.17, 15) is 9.18 Å². The molecule has 1 atom stereocenters. The highest BCUT2D eigenvalue weighted by Gasteiger charge is 2.31. The van der Waals surface area contributed by atoms with E-state index >= 15 is 0 Å². The van der Waals surface area contributed by atoms with Gasteiger partial charge in [0.15, 0.2) is 6.04 Å². The predicted octanol–water partition coefficient (Wildman–Crippen LogP) is 0.445. The van der Waals surface area contributed by atoms with E-state index in [2.05, 4.69) is 29.6 Å². The minimum atomic E-state index is -0.291. The molecule has 26 heavy (non-hydrogen) atoms. The number of rotatable bonds is 5. The molecule has 0 aromatic heterocycles. The van der Waals surface area contributed by atoms with Crippen LogP contribution in [0.5, 0.6) is 0 Å². The van der Waals surface area contributed by atoms with E-state index in [-0.39, 0.29) is 17.8 Å². The third-order valence-electron chi connectivity index (χ3n) is 5.34. The number of benzene rings is 2. The zero-order valence-corrected chi connectivity index (χ0v) is 15.5. The molecule has 3 rings (SSSR count). The fourth-order valence-electron chi connectivity index (χ4n) is 3.53. The molecule has 1 fully saturated rings. The summed E-state index contributed by atoms with van der Waals surface area (Å²) in [5.41, 5.74) is 2.47. The van der Waals surface area contributed by atoms with Gasteiger partial charge in [-0.3, -0.25) is 4.79 Å². The topological polar surface area (TPSA) is 38.0 Å². The number of hydrogen-bond acceptors (Lipinski definition) is 1. The third kappa shape index (κ3) is 4.68. The summed E-state index contributed by atoms with van der Waals surface area (Å²) >= 11 is 0. The molecule has 0 bridgehead atoms. The Bertz CT molecular complexity index is 742. The number of carbonyl (C=O) groups excluding carboxylic acids is 1. The summed E-state index contributed by atoms with van der Waals surface area (Å²) in [6, 6.07) is 15.2. The molecule has 1 saturated heterocycles. The average Bonchev–Trinajstić information content (AvgIpc) is 2.65. The van der Waals surface area contributed by atoms with Gasteiger partial charge in [-0.1, -0.05) is 36.4 Å². The summed E-state index contributed by atoms with van der Waals surface area (Å²) in [6.07, 6.45) is 0. The van der Waals surface area contributed by atoms with Crippen molar-refractivity contribution in [3.05, 3.63) is 65.5 Å². The van der Waals surface area contributed by atoms with Crippen molar-refractivity contribution in [3.63, 3.8) is 0 Å². The highest BCUT2D eigenvalue weighted by atomic mass is 19.1. The Labute approximate surface area is 154 Å². The van der Waals surface area contributed by atoms with Gasteiger partial charge >= 0.3 is 0 Å². The van der Waals surface area contributed by atoms with Gasteiger partial charge in [0.2, 0.25) is 0 Å². The zero-order valence-electron chi connectivity index (χ0n) is 15.5. The lowest BCUT2D eigenvalue weighted by Crippen LogP contribution is -3.29. The van der Waals surface area contributed by atoms with Crippen LogP contribution in [0.1, 0.15) is 18.1 Å². The number of nitrogens with one attached hydrogen (secondary N) is 3. The number of amides is 1. The van der Waals surface area contributed by atoms with Gasteiger partial charge < -0.3 is 15.1 Å². The normalized spacial score (nSPS) is 21.2. The Kier molecular flexibility index (Phi) is 6.01. The molecule has 5 heteroatoms. The van der Waals surface area contributed by atoms with Crippen LogP contribution < -0.4 is 15.1 Å². The maximum Gasteiger partial charge on any atom is 0.282 e. The predicted molar refractivity (Wildman–Crippen MR) is 101 cm³/mol. The van der Waals surface area contributed by atoms with Crippen LogP contribution in [-0.2, 0) is 11.3 Å². The Morgan fingerprint density at radius 2 is 1.81 bits per heavy atom. The van der Waals surface area contributed by atoms with E-state index in [1.165, 1.54) is 16.5 Å². The van der Waals surface area contributed by atoms with Crippen LogP contribution in [0.2, 0.25) is 0 Å². The Hall–Kier alpha value is -2.24. The molecule has 0 aliphatic carbocycles. The molecule has 0 radical (unpaired) electrons. The summed E-state index contributed by atoms with van der Waals surface area (Å²) in [4.78, 5) is 15.4. The zero-order chi connectivity index (χ0) is 18.5. The van der Waals surface area contributed by atoms with Gasteiger partial charge in [0.05, 0.1) is 0 Å². The molecule has 4 nitrogen and oxygen atoms in total. The lowest BCUT2D eigenvalue weighted by molar-refractivity contribution is -1.02. The summed E-state index contributed by atoms with van der Waals surface area (Å²) in [5, 5.41) is 2.85. The van der Waals surface area contributed by atoms with E-state index in [0.717, 1.165) is 32.7 Å².